The number of benzene rings is 1. The van der Waals surface area contributed by atoms with Crippen LogP contribution in [-0.4, -0.2) is 60.4 Å². The van der Waals surface area contributed by atoms with E-state index in [0.717, 1.165) is 31.5 Å². The van der Waals surface area contributed by atoms with Crippen molar-refractivity contribution >= 4 is 23.4 Å². The molecule has 1 aliphatic heterocycles. The Hall–Kier alpha value is -1.59. The second kappa shape index (κ2) is 7.34. The van der Waals surface area contributed by atoms with Gasteiger partial charge in [-0.2, -0.15) is 0 Å². The van der Waals surface area contributed by atoms with E-state index in [1.165, 1.54) is 0 Å². The molecule has 0 aromatic heterocycles. The summed E-state index contributed by atoms with van der Waals surface area (Å²) < 4.78 is 0. The smallest absolute Gasteiger partial charge is 0.234 e. The van der Waals surface area contributed by atoms with E-state index < -0.39 is 0 Å². The van der Waals surface area contributed by atoms with Crippen LogP contribution in [0.5, 0.6) is 0 Å². The van der Waals surface area contributed by atoms with Gasteiger partial charge in [-0.3, -0.25) is 14.5 Å². The van der Waals surface area contributed by atoms with Crippen molar-refractivity contribution in [2.45, 2.75) is 38.1 Å². The predicted octanol–water partition coefficient (Wildman–Crippen LogP) is 2.04. The van der Waals surface area contributed by atoms with Crippen molar-refractivity contribution in [2.24, 2.45) is 0 Å². The maximum absolute atomic E-state index is 13.0. The monoisotopic (exact) mass is 363 g/mol. The summed E-state index contributed by atoms with van der Waals surface area (Å²) >= 11 is 5.97. The fourth-order valence-electron chi connectivity index (χ4n) is 3.50. The summed E-state index contributed by atoms with van der Waals surface area (Å²) in [5.41, 5.74) is 0.725. The van der Waals surface area contributed by atoms with Crippen LogP contribution in [0.4, 0.5) is 0 Å². The number of nitrogens with zero attached hydrogens (tertiary/aromatic N) is 2. The second-order valence-corrected chi connectivity index (χ2v) is 7.82. The third-order valence-corrected chi connectivity index (χ3v) is 5.28. The molecule has 1 N–H and O–H groups in total. The summed E-state index contributed by atoms with van der Waals surface area (Å²) in [6, 6.07) is 7.81. The van der Waals surface area contributed by atoms with Crippen LogP contribution in [0.2, 0.25) is 5.02 Å². The van der Waals surface area contributed by atoms with Crippen LogP contribution in [0.1, 0.15) is 32.3 Å². The number of rotatable bonds is 5. The first kappa shape index (κ1) is 18.2. The molecule has 0 bridgehead atoms. The van der Waals surface area contributed by atoms with Crippen molar-refractivity contribution < 1.29 is 9.59 Å². The van der Waals surface area contributed by atoms with E-state index >= 15 is 0 Å². The lowest BCUT2D eigenvalue weighted by atomic mass is 9.94. The molecule has 1 aromatic rings. The van der Waals surface area contributed by atoms with Crippen LogP contribution >= 0.6 is 11.6 Å². The van der Waals surface area contributed by atoms with Gasteiger partial charge in [0.1, 0.15) is 0 Å². The number of hydrogen-bond donors (Lipinski definition) is 1. The van der Waals surface area contributed by atoms with Crippen molar-refractivity contribution in [1.29, 1.82) is 0 Å². The molecule has 2 fully saturated rings. The summed E-state index contributed by atoms with van der Waals surface area (Å²) in [5.74, 6) is 0.274. The van der Waals surface area contributed by atoms with Crippen molar-refractivity contribution in [2.75, 3.05) is 32.7 Å². The average Bonchev–Trinajstić information content (AvgIpc) is 3.36. The molecular weight excluding hydrogens is 338 g/mol. The van der Waals surface area contributed by atoms with Crippen LogP contribution in [0.15, 0.2) is 24.3 Å². The van der Waals surface area contributed by atoms with Gasteiger partial charge in [0.25, 0.3) is 0 Å². The molecule has 0 spiro atoms. The first-order valence-corrected chi connectivity index (χ1v) is 9.36. The van der Waals surface area contributed by atoms with Gasteiger partial charge >= 0.3 is 0 Å². The molecule has 2 amide bonds. The number of amides is 2. The maximum atomic E-state index is 13.0. The minimum atomic E-state index is -0.345. The van der Waals surface area contributed by atoms with Gasteiger partial charge in [-0.05, 0) is 44.4 Å². The minimum absolute atomic E-state index is 0.0506. The van der Waals surface area contributed by atoms with Gasteiger partial charge in [-0.15, -0.1) is 0 Å². The highest BCUT2D eigenvalue weighted by Crippen LogP contribution is 2.49. The van der Waals surface area contributed by atoms with E-state index in [2.05, 4.69) is 10.2 Å². The van der Waals surface area contributed by atoms with E-state index in [1.54, 1.807) is 0 Å². The number of halogens is 1. The summed E-state index contributed by atoms with van der Waals surface area (Å²) in [5, 5.41) is 3.61. The van der Waals surface area contributed by atoms with E-state index in [1.807, 2.05) is 43.0 Å². The van der Waals surface area contributed by atoms with Gasteiger partial charge in [-0.25, -0.2) is 0 Å². The maximum Gasteiger partial charge on any atom is 0.234 e. The molecule has 1 saturated carbocycles. The van der Waals surface area contributed by atoms with E-state index in [-0.39, 0.29) is 23.3 Å². The average molecular weight is 364 g/mol. The van der Waals surface area contributed by atoms with Gasteiger partial charge in [0.15, 0.2) is 0 Å². The van der Waals surface area contributed by atoms with Crippen LogP contribution < -0.4 is 5.32 Å². The fourth-order valence-corrected chi connectivity index (χ4v) is 3.63. The van der Waals surface area contributed by atoms with Crippen LogP contribution in [0.3, 0.4) is 0 Å². The molecule has 1 saturated heterocycles. The van der Waals surface area contributed by atoms with Gasteiger partial charge in [0.2, 0.25) is 11.8 Å². The summed E-state index contributed by atoms with van der Waals surface area (Å²) in [6.07, 6.45) is 1.81. The molecular formula is C19H26ClN3O2. The molecule has 1 heterocycles. The molecule has 5 nitrogen and oxygen atoms in total. The van der Waals surface area contributed by atoms with Crippen molar-refractivity contribution in [3.05, 3.63) is 34.9 Å². The van der Waals surface area contributed by atoms with Gasteiger partial charge in [0, 0.05) is 37.2 Å². The summed E-state index contributed by atoms with van der Waals surface area (Å²) in [6.45, 7) is 7.18. The predicted molar refractivity (Wildman–Crippen MR) is 98.7 cm³/mol. The summed E-state index contributed by atoms with van der Waals surface area (Å²) in [4.78, 5) is 29.0. The first-order valence-electron chi connectivity index (χ1n) is 8.98. The van der Waals surface area contributed by atoms with Crippen LogP contribution in [-0.2, 0) is 15.0 Å². The standard InChI is InChI=1S/C19H26ClN3O2/c1-14(2)21-17(24)13-22-9-11-23(12-10-22)18(25)19(7-8-19)15-3-5-16(20)6-4-15/h3-6,14H,7-13H2,1-2H3,(H,21,24). The van der Waals surface area contributed by atoms with Crippen LogP contribution in [0, 0.1) is 0 Å². The number of nitrogens with one attached hydrogen (secondary N) is 1. The Morgan fingerprint density at radius 3 is 2.24 bits per heavy atom. The lowest BCUT2D eigenvalue weighted by Gasteiger charge is -2.36. The molecule has 0 radical (unpaired) electrons. The molecule has 3 rings (SSSR count). The zero-order valence-corrected chi connectivity index (χ0v) is 15.7. The Kier molecular flexibility index (Phi) is 5.35. The number of piperazine rings is 1. The second-order valence-electron chi connectivity index (χ2n) is 7.38. The molecule has 0 unspecified atom stereocenters. The number of carbonyl (C=O) groups excluding carboxylic acids is 2. The summed E-state index contributed by atoms with van der Waals surface area (Å²) in [7, 11) is 0. The molecule has 25 heavy (non-hydrogen) atoms. The molecule has 1 aliphatic carbocycles. The van der Waals surface area contributed by atoms with Crippen molar-refractivity contribution in [1.82, 2.24) is 15.1 Å². The van der Waals surface area contributed by atoms with Crippen LogP contribution in [0.25, 0.3) is 0 Å². The fraction of sp³-hybridized carbons (Fsp3) is 0.579. The third kappa shape index (κ3) is 4.15. The first-order chi connectivity index (χ1) is 11.9. The Labute approximate surface area is 154 Å². The molecule has 0 atom stereocenters. The number of hydrogen-bond acceptors (Lipinski definition) is 3. The van der Waals surface area contributed by atoms with Gasteiger partial charge in [-0.1, -0.05) is 23.7 Å². The normalized spacial score (nSPS) is 19.8. The zero-order chi connectivity index (χ0) is 18.0. The van der Waals surface area contributed by atoms with E-state index in [9.17, 15) is 9.59 Å². The Balaban J connectivity index is 1.55. The highest BCUT2D eigenvalue weighted by Gasteiger charge is 2.53. The lowest BCUT2D eigenvalue weighted by molar-refractivity contribution is -0.136. The van der Waals surface area contributed by atoms with Crippen molar-refractivity contribution in [3.8, 4) is 0 Å². The highest BCUT2D eigenvalue weighted by atomic mass is 35.5. The highest BCUT2D eigenvalue weighted by molar-refractivity contribution is 6.30. The SMILES string of the molecule is CC(C)NC(=O)CN1CCN(C(=O)C2(c3ccc(Cl)cc3)CC2)CC1. The minimum Gasteiger partial charge on any atom is -0.353 e. The van der Waals surface area contributed by atoms with Gasteiger partial charge in [0.05, 0.1) is 12.0 Å². The quantitative estimate of drug-likeness (QED) is 0.871. The molecule has 6 heteroatoms. The topological polar surface area (TPSA) is 52.7 Å². The number of carbonyl (C=O) groups is 2. The van der Waals surface area contributed by atoms with Crippen molar-refractivity contribution in [3.63, 3.8) is 0 Å². The Morgan fingerprint density at radius 1 is 1.12 bits per heavy atom. The Morgan fingerprint density at radius 2 is 1.72 bits per heavy atom. The third-order valence-electron chi connectivity index (χ3n) is 5.03. The van der Waals surface area contributed by atoms with E-state index in [0.29, 0.717) is 24.7 Å². The molecule has 136 valence electrons. The lowest BCUT2D eigenvalue weighted by Crippen LogP contribution is -2.53. The molecule has 1 aromatic carbocycles. The zero-order valence-electron chi connectivity index (χ0n) is 14.9. The Bertz CT molecular complexity index is 633. The van der Waals surface area contributed by atoms with E-state index in [4.69, 9.17) is 11.6 Å². The largest absolute Gasteiger partial charge is 0.353 e. The molecule has 2 aliphatic rings. The van der Waals surface area contributed by atoms with Gasteiger partial charge < -0.3 is 10.2 Å².